The van der Waals surface area contributed by atoms with E-state index >= 15 is 0 Å². The average Bonchev–Trinajstić information content (AvgIpc) is 2.38. The van der Waals surface area contributed by atoms with E-state index in [1.807, 2.05) is 30.0 Å². The summed E-state index contributed by atoms with van der Waals surface area (Å²) in [4.78, 5) is 1.17. The minimum Gasteiger partial charge on any atom is -0.398 e. The van der Waals surface area contributed by atoms with Crippen molar-refractivity contribution in [2.45, 2.75) is 43.4 Å². The lowest BCUT2D eigenvalue weighted by atomic mass is 9.50. The Morgan fingerprint density at radius 2 is 1.70 bits per heavy atom. The summed E-state index contributed by atoms with van der Waals surface area (Å²) in [7, 11) is 0. The Bertz CT molecular complexity index is 492. The van der Waals surface area contributed by atoms with E-state index in [4.69, 9.17) is 17.3 Å². The molecule has 0 saturated heterocycles. The number of rotatable bonds is 3. The minimum atomic E-state index is 0.605. The second-order valence-corrected chi connectivity index (χ2v) is 8.84. The van der Waals surface area contributed by atoms with Gasteiger partial charge in [-0.3, -0.25) is 0 Å². The van der Waals surface area contributed by atoms with Gasteiger partial charge in [-0.15, -0.1) is 11.8 Å². The van der Waals surface area contributed by atoms with Gasteiger partial charge >= 0.3 is 0 Å². The number of benzene rings is 1. The van der Waals surface area contributed by atoms with Crippen LogP contribution in [-0.2, 0) is 0 Å². The van der Waals surface area contributed by atoms with E-state index in [9.17, 15) is 0 Å². The van der Waals surface area contributed by atoms with E-state index in [0.29, 0.717) is 5.41 Å². The zero-order valence-electron chi connectivity index (χ0n) is 11.8. The summed E-state index contributed by atoms with van der Waals surface area (Å²) in [5.74, 6) is 4.32. The molecular weight excluding hydrogens is 286 g/mol. The van der Waals surface area contributed by atoms with Gasteiger partial charge in [-0.2, -0.15) is 0 Å². The summed E-state index contributed by atoms with van der Waals surface area (Å²) in [5, 5.41) is 0.798. The number of nitrogens with two attached hydrogens (primary N) is 1. The average molecular weight is 308 g/mol. The van der Waals surface area contributed by atoms with E-state index in [-0.39, 0.29) is 0 Å². The maximum atomic E-state index is 6.10. The van der Waals surface area contributed by atoms with Crippen LogP contribution >= 0.6 is 23.4 Å². The smallest absolute Gasteiger partial charge is 0.0453 e. The molecular formula is C17H22ClNS. The first-order valence-corrected chi connectivity index (χ1v) is 9.16. The van der Waals surface area contributed by atoms with Crippen molar-refractivity contribution in [3.05, 3.63) is 23.2 Å². The lowest BCUT2D eigenvalue weighted by Gasteiger charge is -2.56. The molecule has 0 unspecified atom stereocenters. The second kappa shape index (κ2) is 4.84. The van der Waals surface area contributed by atoms with Gasteiger partial charge in [0.25, 0.3) is 0 Å². The number of hydrogen-bond donors (Lipinski definition) is 1. The van der Waals surface area contributed by atoms with Crippen LogP contribution in [0.4, 0.5) is 5.69 Å². The van der Waals surface area contributed by atoms with E-state index in [0.717, 1.165) is 28.5 Å². The van der Waals surface area contributed by atoms with Gasteiger partial charge in [0.2, 0.25) is 0 Å². The SMILES string of the molecule is Nc1ccc(Cl)cc1SCC12CC3CC(CC(C3)C1)C2. The van der Waals surface area contributed by atoms with Gasteiger partial charge in [-0.05, 0) is 79.9 Å². The predicted molar refractivity (Wildman–Crippen MR) is 87.2 cm³/mol. The van der Waals surface area contributed by atoms with Crippen LogP contribution in [-0.4, -0.2) is 5.75 Å². The number of nitrogen functional groups attached to an aromatic ring is 1. The zero-order chi connectivity index (χ0) is 13.7. The van der Waals surface area contributed by atoms with Crippen molar-refractivity contribution in [3.63, 3.8) is 0 Å². The fourth-order valence-corrected chi connectivity index (χ4v) is 6.83. The lowest BCUT2D eigenvalue weighted by Crippen LogP contribution is -2.47. The topological polar surface area (TPSA) is 26.0 Å². The van der Waals surface area contributed by atoms with Crippen molar-refractivity contribution in [1.82, 2.24) is 0 Å². The summed E-state index contributed by atoms with van der Waals surface area (Å²) in [5.41, 5.74) is 7.57. The van der Waals surface area contributed by atoms with Crippen molar-refractivity contribution in [2.75, 3.05) is 11.5 Å². The molecule has 0 radical (unpaired) electrons. The molecule has 0 spiro atoms. The molecule has 0 aromatic heterocycles. The summed E-state index contributed by atoms with van der Waals surface area (Å²) < 4.78 is 0. The molecule has 4 saturated carbocycles. The molecule has 4 fully saturated rings. The first-order valence-electron chi connectivity index (χ1n) is 7.80. The summed E-state index contributed by atoms with van der Waals surface area (Å²) >= 11 is 8.04. The third-order valence-corrected chi connectivity index (χ3v) is 7.33. The number of halogens is 1. The van der Waals surface area contributed by atoms with Crippen molar-refractivity contribution >= 4 is 29.1 Å². The molecule has 1 aromatic carbocycles. The van der Waals surface area contributed by atoms with Crippen LogP contribution in [0.5, 0.6) is 0 Å². The molecule has 108 valence electrons. The van der Waals surface area contributed by atoms with Gasteiger partial charge in [0.15, 0.2) is 0 Å². The minimum absolute atomic E-state index is 0.605. The molecule has 0 atom stereocenters. The van der Waals surface area contributed by atoms with E-state index in [1.54, 1.807) is 0 Å². The van der Waals surface area contributed by atoms with Crippen LogP contribution in [0.3, 0.4) is 0 Å². The van der Waals surface area contributed by atoms with Gasteiger partial charge in [0.05, 0.1) is 0 Å². The third kappa shape index (κ3) is 2.35. The Labute approximate surface area is 130 Å². The molecule has 4 bridgehead atoms. The van der Waals surface area contributed by atoms with Crippen LogP contribution < -0.4 is 5.73 Å². The molecule has 3 heteroatoms. The zero-order valence-corrected chi connectivity index (χ0v) is 13.3. The van der Waals surface area contributed by atoms with Crippen molar-refractivity contribution in [3.8, 4) is 0 Å². The molecule has 20 heavy (non-hydrogen) atoms. The Balaban J connectivity index is 1.50. The highest BCUT2D eigenvalue weighted by molar-refractivity contribution is 7.99. The molecule has 2 N–H and O–H groups in total. The highest BCUT2D eigenvalue weighted by atomic mass is 35.5. The van der Waals surface area contributed by atoms with Gasteiger partial charge < -0.3 is 5.73 Å². The highest BCUT2D eigenvalue weighted by Gasteiger charge is 2.50. The van der Waals surface area contributed by atoms with Gasteiger partial charge in [0.1, 0.15) is 0 Å². The quantitative estimate of drug-likeness (QED) is 0.611. The van der Waals surface area contributed by atoms with Crippen molar-refractivity contribution < 1.29 is 0 Å². The summed E-state index contributed by atoms with van der Waals surface area (Å²) in [6, 6.07) is 5.85. The van der Waals surface area contributed by atoms with E-state index in [2.05, 4.69) is 0 Å². The molecule has 0 aliphatic heterocycles. The number of anilines is 1. The fraction of sp³-hybridized carbons (Fsp3) is 0.647. The summed E-state index contributed by atoms with van der Waals surface area (Å²) in [6.45, 7) is 0. The maximum absolute atomic E-state index is 6.10. The number of thioether (sulfide) groups is 1. The maximum Gasteiger partial charge on any atom is 0.0453 e. The second-order valence-electron chi connectivity index (χ2n) is 7.39. The Hall–Kier alpha value is -0.340. The Morgan fingerprint density at radius 3 is 2.30 bits per heavy atom. The molecule has 0 heterocycles. The lowest BCUT2D eigenvalue weighted by molar-refractivity contribution is -0.0381. The summed E-state index contributed by atoms with van der Waals surface area (Å²) in [6.07, 6.45) is 8.95. The largest absolute Gasteiger partial charge is 0.398 e. The van der Waals surface area contributed by atoms with Crippen molar-refractivity contribution in [2.24, 2.45) is 23.2 Å². The van der Waals surface area contributed by atoms with Gasteiger partial charge in [0, 0.05) is 21.4 Å². The van der Waals surface area contributed by atoms with E-state index in [1.165, 1.54) is 49.2 Å². The van der Waals surface area contributed by atoms with Crippen LogP contribution in [0.1, 0.15) is 38.5 Å². The normalized spacial score (nSPS) is 38.4. The van der Waals surface area contributed by atoms with Crippen LogP contribution in [0.25, 0.3) is 0 Å². The molecule has 0 amide bonds. The first kappa shape index (κ1) is 13.3. The predicted octanol–water partition coefficient (Wildman–Crippen LogP) is 5.23. The number of hydrogen-bond acceptors (Lipinski definition) is 2. The van der Waals surface area contributed by atoms with Crippen molar-refractivity contribution in [1.29, 1.82) is 0 Å². The van der Waals surface area contributed by atoms with Gasteiger partial charge in [-0.1, -0.05) is 11.6 Å². The standard InChI is InChI=1S/C17H22ClNS/c18-14-1-2-15(19)16(6-14)20-10-17-7-11-3-12(8-17)5-13(4-11)9-17/h1-2,6,11-13H,3-5,7-10,19H2. The molecule has 1 nitrogen and oxygen atoms in total. The molecule has 4 aliphatic carbocycles. The third-order valence-electron chi connectivity index (χ3n) is 5.67. The molecule has 1 aromatic rings. The van der Waals surface area contributed by atoms with Crippen LogP contribution in [0.15, 0.2) is 23.1 Å². The molecule has 5 rings (SSSR count). The van der Waals surface area contributed by atoms with Gasteiger partial charge in [-0.25, -0.2) is 0 Å². The van der Waals surface area contributed by atoms with Crippen LogP contribution in [0, 0.1) is 23.2 Å². The van der Waals surface area contributed by atoms with E-state index < -0.39 is 0 Å². The highest BCUT2D eigenvalue weighted by Crippen LogP contribution is 2.61. The Morgan fingerprint density at radius 1 is 1.10 bits per heavy atom. The first-order chi connectivity index (χ1) is 9.62. The Kier molecular flexibility index (Phi) is 3.23. The van der Waals surface area contributed by atoms with Crippen LogP contribution in [0.2, 0.25) is 5.02 Å². The fourth-order valence-electron chi connectivity index (χ4n) is 5.33. The monoisotopic (exact) mass is 307 g/mol. The molecule has 4 aliphatic rings.